The van der Waals surface area contributed by atoms with Gasteiger partial charge in [0.25, 0.3) is 5.91 Å². The zero-order valence-corrected chi connectivity index (χ0v) is 14.4. The van der Waals surface area contributed by atoms with Crippen molar-refractivity contribution >= 4 is 11.9 Å². The Morgan fingerprint density at radius 1 is 1.33 bits per heavy atom. The Labute approximate surface area is 155 Å². The summed E-state index contributed by atoms with van der Waals surface area (Å²) in [6.45, 7) is 0.982. The molecule has 2 N–H and O–H groups in total. The van der Waals surface area contributed by atoms with Crippen molar-refractivity contribution in [2.45, 2.75) is 18.4 Å². The van der Waals surface area contributed by atoms with Crippen LogP contribution in [0.5, 0.6) is 5.88 Å². The maximum atomic E-state index is 13.0. The Morgan fingerprint density at radius 2 is 2.11 bits per heavy atom. The Hall–Kier alpha value is -3.00. The van der Waals surface area contributed by atoms with Crippen molar-refractivity contribution in [3.8, 4) is 5.88 Å². The van der Waals surface area contributed by atoms with Gasteiger partial charge in [0.05, 0.1) is 19.1 Å². The number of amides is 1. The maximum absolute atomic E-state index is 13.0. The molecule has 2 aromatic rings. The van der Waals surface area contributed by atoms with Crippen LogP contribution in [0.25, 0.3) is 0 Å². The Bertz CT molecular complexity index is 806. The van der Waals surface area contributed by atoms with E-state index in [0.29, 0.717) is 30.2 Å². The molecular weight excluding hydrogens is 355 g/mol. The zero-order chi connectivity index (χ0) is 19.2. The highest BCUT2D eigenvalue weighted by Gasteiger charge is 2.22. The number of carboxylic acids is 1. The van der Waals surface area contributed by atoms with Gasteiger partial charge in [-0.25, -0.2) is 9.37 Å². The van der Waals surface area contributed by atoms with Gasteiger partial charge in [0, 0.05) is 30.8 Å². The van der Waals surface area contributed by atoms with E-state index in [1.54, 1.807) is 0 Å². The minimum Gasteiger partial charge on any atom is -0.481 e. The van der Waals surface area contributed by atoms with Gasteiger partial charge in [-0.2, -0.15) is 0 Å². The predicted octanol–water partition coefficient (Wildman–Crippen LogP) is 1.99. The number of pyridine rings is 1. The molecule has 0 aliphatic carbocycles. The summed E-state index contributed by atoms with van der Waals surface area (Å²) in [6, 6.07) is 8.17. The molecule has 0 radical (unpaired) electrons. The molecule has 1 fully saturated rings. The monoisotopic (exact) mass is 374 g/mol. The van der Waals surface area contributed by atoms with E-state index in [4.69, 9.17) is 9.47 Å². The summed E-state index contributed by atoms with van der Waals surface area (Å²) in [5.41, 5.74) is 0.714. The third-order valence-electron chi connectivity index (χ3n) is 4.21. The molecule has 1 aliphatic heterocycles. The van der Waals surface area contributed by atoms with Crippen LogP contribution < -0.4 is 10.1 Å². The Balaban J connectivity index is 1.63. The number of carbonyl (C=O) groups excluding carboxylic acids is 1. The topological polar surface area (TPSA) is 97.8 Å². The lowest BCUT2D eigenvalue weighted by molar-refractivity contribution is -0.138. The fourth-order valence-electron chi connectivity index (χ4n) is 2.73. The third-order valence-corrected chi connectivity index (χ3v) is 4.21. The van der Waals surface area contributed by atoms with Crippen LogP contribution in [0.1, 0.15) is 28.3 Å². The lowest BCUT2D eigenvalue weighted by atomic mass is 9.99. The molecule has 7 nitrogen and oxygen atoms in total. The first-order valence-corrected chi connectivity index (χ1v) is 8.50. The van der Waals surface area contributed by atoms with E-state index < -0.39 is 23.6 Å². The molecule has 1 aromatic heterocycles. The molecule has 8 heteroatoms. The Morgan fingerprint density at radius 3 is 2.78 bits per heavy atom. The minimum atomic E-state index is -1.11. The number of carboxylic acid groups (broad SMARTS) is 1. The van der Waals surface area contributed by atoms with E-state index in [0.717, 1.165) is 6.42 Å². The number of halogens is 1. The average Bonchev–Trinajstić information content (AvgIpc) is 3.16. The van der Waals surface area contributed by atoms with E-state index in [1.165, 1.54) is 42.6 Å². The van der Waals surface area contributed by atoms with E-state index in [-0.39, 0.29) is 12.6 Å². The fraction of sp³-hybridized carbons (Fsp3) is 0.316. The van der Waals surface area contributed by atoms with Gasteiger partial charge < -0.3 is 19.9 Å². The molecule has 142 valence electrons. The van der Waals surface area contributed by atoms with E-state index in [2.05, 4.69) is 10.3 Å². The molecule has 0 saturated carbocycles. The third kappa shape index (κ3) is 5.01. The highest BCUT2D eigenvalue weighted by molar-refractivity contribution is 5.94. The second-order valence-electron chi connectivity index (χ2n) is 6.14. The molecule has 0 spiro atoms. The standard InChI is InChI=1S/C19H19FN2O5/c20-14-3-1-12(2-4-14)16(19(24)25)10-22-18(23)13-5-7-21-17(9-13)27-15-6-8-26-11-15/h1-5,7,9,15-16H,6,8,10-11H2,(H,22,23)(H,24,25). The molecule has 2 unspecified atom stereocenters. The van der Waals surface area contributed by atoms with Crippen molar-refractivity contribution in [1.82, 2.24) is 10.3 Å². The number of hydrogen-bond acceptors (Lipinski definition) is 5. The summed E-state index contributed by atoms with van der Waals surface area (Å²) in [6.07, 6.45) is 2.12. The largest absolute Gasteiger partial charge is 0.481 e. The van der Waals surface area contributed by atoms with Crippen LogP contribution in [0.4, 0.5) is 4.39 Å². The highest BCUT2D eigenvalue weighted by atomic mass is 19.1. The minimum absolute atomic E-state index is 0.0920. The molecule has 3 rings (SSSR count). The summed E-state index contributed by atoms with van der Waals surface area (Å²) in [5.74, 6) is -2.68. The zero-order valence-electron chi connectivity index (χ0n) is 14.4. The summed E-state index contributed by atoms with van der Waals surface area (Å²) < 4.78 is 23.9. The van der Waals surface area contributed by atoms with Crippen molar-refractivity contribution in [2.75, 3.05) is 19.8 Å². The van der Waals surface area contributed by atoms with Gasteiger partial charge in [-0.1, -0.05) is 12.1 Å². The molecule has 1 aromatic carbocycles. The van der Waals surface area contributed by atoms with Crippen molar-refractivity contribution in [3.63, 3.8) is 0 Å². The fourth-order valence-corrected chi connectivity index (χ4v) is 2.73. The van der Waals surface area contributed by atoms with Gasteiger partial charge in [-0.05, 0) is 23.8 Å². The number of nitrogens with one attached hydrogen (secondary N) is 1. The van der Waals surface area contributed by atoms with Crippen LogP contribution in [0.15, 0.2) is 42.6 Å². The molecule has 0 bridgehead atoms. The number of carbonyl (C=O) groups is 2. The second-order valence-corrected chi connectivity index (χ2v) is 6.14. The van der Waals surface area contributed by atoms with Crippen molar-refractivity contribution in [1.29, 1.82) is 0 Å². The van der Waals surface area contributed by atoms with Crippen LogP contribution in [0.2, 0.25) is 0 Å². The lowest BCUT2D eigenvalue weighted by Gasteiger charge is -2.15. The normalized spacial score (nSPS) is 17.3. The van der Waals surface area contributed by atoms with E-state index in [1.807, 2.05) is 0 Å². The number of aliphatic carboxylic acids is 1. The first-order chi connectivity index (χ1) is 13.0. The van der Waals surface area contributed by atoms with Crippen LogP contribution in [-0.2, 0) is 9.53 Å². The number of aromatic nitrogens is 1. The molecule has 1 saturated heterocycles. The molecule has 27 heavy (non-hydrogen) atoms. The molecule has 1 amide bonds. The van der Waals surface area contributed by atoms with Crippen molar-refractivity contribution in [3.05, 3.63) is 59.5 Å². The highest BCUT2D eigenvalue weighted by Crippen LogP contribution is 2.18. The SMILES string of the molecule is O=C(NCC(C(=O)O)c1ccc(F)cc1)c1ccnc(OC2CCOC2)c1. The van der Waals surface area contributed by atoms with Crippen LogP contribution in [-0.4, -0.2) is 47.8 Å². The van der Waals surface area contributed by atoms with Gasteiger partial charge >= 0.3 is 5.97 Å². The molecular formula is C19H19FN2O5. The van der Waals surface area contributed by atoms with Gasteiger partial charge in [-0.15, -0.1) is 0 Å². The molecule has 2 heterocycles. The second kappa shape index (κ2) is 8.59. The molecule has 1 aliphatic rings. The van der Waals surface area contributed by atoms with E-state index in [9.17, 15) is 19.1 Å². The maximum Gasteiger partial charge on any atom is 0.312 e. The number of nitrogens with zero attached hydrogens (tertiary/aromatic N) is 1. The predicted molar refractivity (Wildman–Crippen MR) is 93.2 cm³/mol. The first kappa shape index (κ1) is 18.8. The summed E-state index contributed by atoms with van der Waals surface area (Å²) in [4.78, 5) is 27.9. The number of benzene rings is 1. The molecule has 2 atom stereocenters. The average molecular weight is 374 g/mol. The van der Waals surface area contributed by atoms with Gasteiger partial charge in [0.2, 0.25) is 5.88 Å². The van der Waals surface area contributed by atoms with Gasteiger partial charge in [0.15, 0.2) is 0 Å². The van der Waals surface area contributed by atoms with Crippen molar-refractivity contribution in [2.24, 2.45) is 0 Å². The number of rotatable bonds is 7. The summed E-state index contributed by atoms with van der Waals surface area (Å²) in [7, 11) is 0. The Kier molecular flexibility index (Phi) is 5.97. The number of ether oxygens (including phenoxy) is 2. The lowest BCUT2D eigenvalue weighted by Crippen LogP contribution is -2.31. The van der Waals surface area contributed by atoms with Crippen molar-refractivity contribution < 1.29 is 28.6 Å². The van der Waals surface area contributed by atoms with Gasteiger partial charge in [0.1, 0.15) is 11.9 Å². The van der Waals surface area contributed by atoms with Crippen LogP contribution >= 0.6 is 0 Å². The number of hydrogen-bond donors (Lipinski definition) is 2. The smallest absolute Gasteiger partial charge is 0.312 e. The first-order valence-electron chi connectivity index (χ1n) is 8.50. The summed E-state index contributed by atoms with van der Waals surface area (Å²) in [5, 5.41) is 12.0. The van der Waals surface area contributed by atoms with Crippen LogP contribution in [0, 0.1) is 5.82 Å². The van der Waals surface area contributed by atoms with Gasteiger partial charge in [-0.3, -0.25) is 9.59 Å². The van der Waals surface area contributed by atoms with Crippen LogP contribution in [0.3, 0.4) is 0 Å². The van der Waals surface area contributed by atoms with E-state index >= 15 is 0 Å². The quantitative estimate of drug-likeness (QED) is 0.769. The summed E-state index contributed by atoms with van der Waals surface area (Å²) >= 11 is 0.